The van der Waals surface area contributed by atoms with Crippen LogP contribution in [0.1, 0.15) is 21.5 Å². The second-order valence-corrected chi connectivity index (χ2v) is 6.74. The molecule has 4 heteroatoms. The molecule has 0 aliphatic rings. The summed E-state index contributed by atoms with van der Waals surface area (Å²) in [5, 5.41) is 2.66. The molecule has 1 amide bonds. The quantitative estimate of drug-likeness (QED) is 0.562. The molecule has 4 rings (SSSR count). The molecule has 2 N–H and O–H groups in total. The first-order valence-electron chi connectivity index (χ1n) is 8.10. The van der Waals surface area contributed by atoms with Crippen molar-refractivity contribution in [2.75, 3.05) is 0 Å². The number of aromatic nitrogens is 1. The number of carbonyl (C=O) groups is 1. The maximum Gasteiger partial charge on any atom is 0.249 e. The van der Waals surface area contributed by atoms with Gasteiger partial charge in [-0.05, 0) is 48.4 Å². The zero-order valence-corrected chi connectivity index (χ0v) is 14.5. The third-order valence-electron chi connectivity index (χ3n) is 4.54. The smallest absolute Gasteiger partial charge is 0.249 e. The maximum atomic E-state index is 11.9. The molecule has 0 spiro atoms. The predicted molar refractivity (Wildman–Crippen MR) is 103 cm³/mol. The fourth-order valence-corrected chi connectivity index (χ4v) is 3.66. The van der Waals surface area contributed by atoms with Gasteiger partial charge in [0.15, 0.2) is 0 Å². The Labute approximate surface area is 150 Å². The molecule has 3 nitrogen and oxygen atoms in total. The van der Waals surface area contributed by atoms with E-state index >= 15 is 0 Å². The second kappa shape index (κ2) is 5.94. The van der Waals surface area contributed by atoms with Crippen LogP contribution >= 0.6 is 11.6 Å². The van der Waals surface area contributed by atoms with Crippen LogP contribution in [0.2, 0.25) is 5.02 Å². The van der Waals surface area contributed by atoms with E-state index in [4.69, 9.17) is 17.3 Å². The summed E-state index contributed by atoms with van der Waals surface area (Å²) in [7, 11) is 0. The van der Waals surface area contributed by atoms with Crippen molar-refractivity contribution >= 4 is 39.3 Å². The fraction of sp³-hybridized carbons (Fsp3) is 0.0952. The first-order valence-corrected chi connectivity index (χ1v) is 8.48. The van der Waals surface area contributed by atoms with Gasteiger partial charge in [-0.25, -0.2) is 0 Å². The molecule has 0 saturated carbocycles. The summed E-state index contributed by atoms with van der Waals surface area (Å²) >= 11 is 6.14. The monoisotopic (exact) mass is 348 g/mol. The summed E-state index contributed by atoms with van der Waals surface area (Å²) in [5.74, 6) is -0.409. The van der Waals surface area contributed by atoms with Gasteiger partial charge in [0, 0.05) is 33.4 Å². The largest absolute Gasteiger partial charge is 0.366 e. The van der Waals surface area contributed by atoms with Gasteiger partial charge in [0.25, 0.3) is 0 Å². The molecule has 1 heterocycles. The molecule has 0 aliphatic heterocycles. The standard InChI is InChI=1S/C21H17ClN2O/c1-13-8-9-16-19(10-13)24(12-14-4-2-5-15(22)11-14)18-7-3-6-17(20(16)18)21(23)25/h2-11H,12H2,1H3,(H2,23,25). The van der Waals surface area contributed by atoms with Gasteiger partial charge in [-0.2, -0.15) is 0 Å². The van der Waals surface area contributed by atoms with Gasteiger partial charge in [0.2, 0.25) is 5.91 Å². The molecular weight excluding hydrogens is 332 g/mol. The average Bonchev–Trinajstić information content (AvgIpc) is 2.88. The molecule has 0 aliphatic carbocycles. The van der Waals surface area contributed by atoms with E-state index in [1.165, 1.54) is 5.56 Å². The number of primary amides is 1. The highest BCUT2D eigenvalue weighted by molar-refractivity contribution is 6.30. The normalized spacial score (nSPS) is 11.3. The number of nitrogens with zero attached hydrogens (tertiary/aromatic N) is 1. The highest BCUT2D eigenvalue weighted by Crippen LogP contribution is 2.33. The molecule has 0 bridgehead atoms. The minimum Gasteiger partial charge on any atom is -0.366 e. The number of benzene rings is 3. The molecule has 3 aromatic carbocycles. The zero-order chi connectivity index (χ0) is 17.6. The summed E-state index contributed by atoms with van der Waals surface area (Å²) in [6.45, 7) is 2.74. The molecule has 25 heavy (non-hydrogen) atoms. The lowest BCUT2D eigenvalue weighted by molar-refractivity contribution is 0.100. The van der Waals surface area contributed by atoms with Crippen LogP contribution in [0.15, 0.2) is 60.7 Å². The number of fused-ring (bicyclic) bond motifs is 3. The Morgan fingerprint density at radius 2 is 1.84 bits per heavy atom. The molecule has 0 fully saturated rings. The van der Waals surface area contributed by atoms with E-state index in [0.29, 0.717) is 17.1 Å². The molecular formula is C21H17ClN2O. The van der Waals surface area contributed by atoms with Crippen molar-refractivity contribution < 1.29 is 4.79 Å². The minimum absolute atomic E-state index is 0.409. The number of aryl methyl sites for hydroxylation is 1. The van der Waals surface area contributed by atoms with Crippen molar-refractivity contribution in [3.8, 4) is 0 Å². The molecule has 4 aromatic rings. The number of carbonyl (C=O) groups excluding carboxylic acids is 1. The van der Waals surface area contributed by atoms with Crippen LogP contribution in [-0.2, 0) is 6.54 Å². The van der Waals surface area contributed by atoms with Crippen molar-refractivity contribution in [1.29, 1.82) is 0 Å². The molecule has 1 aromatic heterocycles. The summed E-state index contributed by atoms with van der Waals surface area (Å²) in [6.07, 6.45) is 0. The van der Waals surface area contributed by atoms with Crippen LogP contribution in [0.4, 0.5) is 0 Å². The van der Waals surface area contributed by atoms with Gasteiger partial charge in [0.1, 0.15) is 0 Å². The van der Waals surface area contributed by atoms with Gasteiger partial charge >= 0.3 is 0 Å². The van der Waals surface area contributed by atoms with Crippen molar-refractivity contribution in [1.82, 2.24) is 4.57 Å². The van der Waals surface area contributed by atoms with Gasteiger partial charge < -0.3 is 10.3 Å². The number of rotatable bonds is 3. The van der Waals surface area contributed by atoms with Crippen LogP contribution in [0.3, 0.4) is 0 Å². The minimum atomic E-state index is -0.409. The summed E-state index contributed by atoms with van der Waals surface area (Å²) in [6, 6.07) is 19.8. The summed E-state index contributed by atoms with van der Waals surface area (Å²) in [4.78, 5) is 11.9. The van der Waals surface area contributed by atoms with Crippen LogP contribution in [0, 0.1) is 6.92 Å². The average molecular weight is 349 g/mol. The van der Waals surface area contributed by atoms with Gasteiger partial charge in [-0.15, -0.1) is 0 Å². The zero-order valence-electron chi connectivity index (χ0n) is 13.8. The van der Waals surface area contributed by atoms with Gasteiger partial charge in [0.05, 0.1) is 5.52 Å². The van der Waals surface area contributed by atoms with E-state index in [2.05, 4.69) is 35.8 Å². The Hall–Kier alpha value is -2.78. The Balaban J connectivity index is 2.06. The van der Waals surface area contributed by atoms with Crippen molar-refractivity contribution in [3.63, 3.8) is 0 Å². The SMILES string of the molecule is Cc1ccc2c3c(C(N)=O)cccc3n(Cc3cccc(Cl)c3)c2c1. The Bertz CT molecular complexity index is 1130. The molecule has 0 radical (unpaired) electrons. The highest BCUT2D eigenvalue weighted by Gasteiger charge is 2.16. The number of hydrogen-bond acceptors (Lipinski definition) is 1. The molecule has 0 saturated heterocycles. The summed E-state index contributed by atoms with van der Waals surface area (Å²) in [5.41, 5.74) is 10.5. The number of nitrogens with two attached hydrogens (primary N) is 1. The summed E-state index contributed by atoms with van der Waals surface area (Å²) < 4.78 is 2.22. The van der Waals surface area contributed by atoms with Crippen LogP contribution in [-0.4, -0.2) is 10.5 Å². The Morgan fingerprint density at radius 3 is 2.60 bits per heavy atom. The lowest BCUT2D eigenvalue weighted by Gasteiger charge is -2.09. The lowest BCUT2D eigenvalue weighted by Crippen LogP contribution is -2.11. The maximum absolute atomic E-state index is 11.9. The van der Waals surface area contributed by atoms with Crippen molar-refractivity contribution in [3.05, 3.63) is 82.4 Å². The van der Waals surface area contributed by atoms with E-state index in [9.17, 15) is 4.79 Å². The van der Waals surface area contributed by atoms with E-state index in [-0.39, 0.29) is 0 Å². The molecule has 0 unspecified atom stereocenters. The first kappa shape index (κ1) is 15.7. The lowest BCUT2D eigenvalue weighted by atomic mass is 10.1. The van der Waals surface area contributed by atoms with Crippen molar-refractivity contribution in [2.24, 2.45) is 5.73 Å². The predicted octanol–water partition coefficient (Wildman–Crippen LogP) is 4.90. The third-order valence-corrected chi connectivity index (χ3v) is 4.78. The third kappa shape index (κ3) is 2.67. The number of amides is 1. The van der Waals surface area contributed by atoms with Gasteiger partial charge in [-0.1, -0.05) is 41.9 Å². The number of halogens is 1. The van der Waals surface area contributed by atoms with E-state index in [1.807, 2.05) is 30.3 Å². The van der Waals surface area contributed by atoms with Crippen LogP contribution < -0.4 is 5.73 Å². The Morgan fingerprint density at radius 1 is 1.04 bits per heavy atom. The molecule has 124 valence electrons. The Kier molecular flexibility index (Phi) is 3.74. The van der Waals surface area contributed by atoms with E-state index in [0.717, 1.165) is 27.4 Å². The van der Waals surface area contributed by atoms with Crippen LogP contribution in [0.5, 0.6) is 0 Å². The highest BCUT2D eigenvalue weighted by atomic mass is 35.5. The number of hydrogen-bond donors (Lipinski definition) is 1. The van der Waals surface area contributed by atoms with Gasteiger partial charge in [-0.3, -0.25) is 4.79 Å². The van der Waals surface area contributed by atoms with E-state index in [1.54, 1.807) is 6.07 Å². The van der Waals surface area contributed by atoms with Crippen LogP contribution in [0.25, 0.3) is 21.8 Å². The van der Waals surface area contributed by atoms with E-state index < -0.39 is 5.91 Å². The van der Waals surface area contributed by atoms with Crippen molar-refractivity contribution in [2.45, 2.75) is 13.5 Å². The molecule has 0 atom stereocenters. The second-order valence-electron chi connectivity index (χ2n) is 6.30. The first-order chi connectivity index (χ1) is 12.0. The topological polar surface area (TPSA) is 48.0 Å². The fourth-order valence-electron chi connectivity index (χ4n) is 3.45.